The lowest BCUT2D eigenvalue weighted by atomic mass is 9.75. The quantitative estimate of drug-likeness (QED) is 0.415. The van der Waals surface area contributed by atoms with E-state index in [1.54, 1.807) is 0 Å². The van der Waals surface area contributed by atoms with Crippen LogP contribution in [0.3, 0.4) is 0 Å². The van der Waals surface area contributed by atoms with Crippen LogP contribution in [0.4, 0.5) is 14.6 Å². The Kier molecular flexibility index (Phi) is 7.81. The number of carbonyl (C=O) groups excluding carboxylic acids is 1. The predicted molar refractivity (Wildman–Crippen MR) is 152 cm³/mol. The Labute approximate surface area is 238 Å². The first-order chi connectivity index (χ1) is 18.4. The molecular weight excluding hydrogens is 566 g/mol. The summed E-state index contributed by atoms with van der Waals surface area (Å²) in [4.78, 5) is 21.0. The van der Waals surface area contributed by atoms with Crippen molar-refractivity contribution in [2.45, 2.75) is 63.8 Å². The lowest BCUT2D eigenvalue weighted by Crippen LogP contribution is -2.65. The second kappa shape index (κ2) is 10.7. The number of anilines is 1. The monoisotopic (exact) mass is 604 g/mol. The van der Waals surface area contributed by atoms with E-state index in [1.807, 2.05) is 17.0 Å². The molecule has 2 aromatic rings. The fourth-order valence-corrected chi connectivity index (χ4v) is 6.79. The first kappa shape index (κ1) is 28.4. The number of esters is 1. The van der Waals surface area contributed by atoms with Gasteiger partial charge in [-0.15, -0.1) is 0 Å². The van der Waals surface area contributed by atoms with Gasteiger partial charge in [-0.05, 0) is 53.1 Å². The van der Waals surface area contributed by atoms with Gasteiger partial charge in [-0.3, -0.25) is 9.69 Å². The summed E-state index contributed by atoms with van der Waals surface area (Å²) in [7, 11) is 1.39. The highest BCUT2D eigenvalue weighted by Crippen LogP contribution is 2.50. The van der Waals surface area contributed by atoms with Crippen LogP contribution in [-0.2, 0) is 27.9 Å². The maximum atomic E-state index is 15.4. The third-order valence-corrected chi connectivity index (χ3v) is 8.95. The molecule has 0 amide bonds. The van der Waals surface area contributed by atoms with E-state index in [9.17, 15) is 4.79 Å². The minimum Gasteiger partial charge on any atom is -0.469 e. The summed E-state index contributed by atoms with van der Waals surface area (Å²) in [6.07, 6.45) is 2.30. The SMILES string of the molecule is COC(=O)C[C@H](CN1CC2(CN(Cc3ccc4c(n3)NCCC4)CC2(F)F)C1)c1cc(Br)cc(C(C)(C)C)c1. The molecule has 1 aromatic carbocycles. The van der Waals surface area contributed by atoms with Crippen LogP contribution in [0, 0.1) is 5.41 Å². The molecule has 0 bridgehead atoms. The number of nitrogens with one attached hydrogen (secondary N) is 1. The van der Waals surface area contributed by atoms with Gasteiger partial charge in [-0.1, -0.05) is 48.8 Å². The molecule has 5 rings (SSSR count). The molecule has 1 spiro atoms. The highest BCUT2D eigenvalue weighted by atomic mass is 79.9. The second-order valence-electron chi connectivity index (χ2n) is 12.6. The number of aromatic nitrogens is 1. The molecule has 0 aliphatic carbocycles. The van der Waals surface area contributed by atoms with E-state index in [0.717, 1.165) is 46.5 Å². The van der Waals surface area contributed by atoms with Crippen LogP contribution in [-0.4, -0.2) is 73.1 Å². The molecule has 9 heteroatoms. The maximum absolute atomic E-state index is 15.4. The minimum absolute atomic E-state index is 0.0620. The number of ether oxygens (including phenoxy) is 1. The fourth-order valence-electron chi connectivity index (χ4n) is 6.28. The Morgan fingerprint density at radius 1 is 1.15 bits per heavy atom. The van der Waals surface area contributed by atoms with Gasteiger partial charge in [0.1, 0.15) is 5.82 Å². The fraction of sp³-hybridized carbons (Fsp3) is 0.600. The summed E-state index contributed by atoms with van der Waals surface area (Å²) in [6.45, 7) is 9.02. The Morgan fingerprint density at radius 3 is 2.62 bits per heavy atom. The number of halogens is 3. The standard InChI is InChI=1S/C30H39BrF2N4O2/c1-28(2,3)23-10-21(11-24(31)13-23)22(12-26(38)39-4)14-36-16-29(17-36)18-37(19-30(29,32)33)15-25-8-7-20-6-5-9-34-27(20)35-25/h7-8,10-11,13,22H,5-6,9,12,14-19H2,1-4H3,(H,34,35)/t22-/m1/s1. The number of hydrogen-bond donors (Lipinski definition) is 1. The number of methoxy groups -OCH3 is 1. The topological polar surface area (TPSA) is 57.7 Å². The maximum Gasteiger partial charge on any atom is 0.306 e. The van der Waals surface area contributed by atoms with Crippen molar-refractivity contribution in [3.05, 3.63) is 57.2 Å². The van der Waals surface area contributed by atoms with Crippen LogP contribution in [0.5, 0.6) is 0 Å². The van der Waals surface area contributed by atoms with Crippen LogP contribution in [0.15, 0.2) is 34.8 Å². The smallest absolute Gasteiger partial charge is 0.306 e. The molecule has 1 N–H and O–H groups in total. The van der Waals surface area contributed by atoms with Crippen molar-refractivity contribution in [3.63, 3.8) is 0 Å². The molecule has 1 aromatic heterocycles. The van der Waals surface area contributed by atoms with Gasteiger partial charge < -0.3 is 15.0 Å². The van der Waals surface area contributed by atoms with Crippen molar-refractivity contribution in [2.75, 3.05) is 51.7 Å². The Bertz CT molecular complexity index is 1230. The van der Waals surface area contributed by atoms with E-state index in [4.69, 9.17) is 9.72 Å². The minimum atomic E-state index is -2.77. The van der Waals surface area contributed by atoms with Crippen molar-refractivity contribution in [3.8, 4) is 0 Å². The highest BCUT2D eigenvalue weighted by Gasteiger charge is 2.65. The zero-order valence-corrected chi connectivity index (χ0v) is 24.9. The number of pyridine rings is 1. The largest absolute Gasteiger partial charge is 0.469 e. The average molecular weight is 606 g/mol. The van der Waals surface area contributed by atoms with Crippen molar-refractivity contribution >= 4 is 27.7 Å². The van der Waals surface area contributed by atoms with E-state index in [2.05, 4.69) is 65.1 Å². The molecule has 0 unspecified atom stereocenters. The number of likely N-dealkylation sites (tertiary alicyclic amines) is 2. The highest BCUT2D eigenvalue weighted by molar-refractivity contribution is 9.10. The summed E-state index contributed by atoms with van der Waals surface area (Å²) in [5.74, 6) is -2.32. The zero-order chi connectivity index (χ0) is 28.0. The molecule has 2 fully saturated rings. The molecule has 212 valence electrons. The Hall–Kier alpha value is -2.10. The van der Waals surface area contributed by atoms with Crippen LogP contribution in [0.1, 0.15) is 61.9 Å². The first-order valence-electron chi connectivity index (χ1n) is 13.8. The molecule has 6 nitrogen and oxygen atoms in total. The Balaban J connectivity index is 1.27. The van der Waals surface area contributed by atoms with E-state index in [0.29, 0.717) is 32.7 Å². The van der Waals surface area contributed by atoms with Gasteiger partial charge >= 0.3 is 5.97 Å². The molecular formula is C30H39BrF2N4O2. The van der Waals surface area contributed by atoms with E-state index in [-0.39, 0.29) is 30.3 Å². The van der Waals surface area contributed by atoms with E-state index >= 15 is 8.78 Å². The summed E-state index contributed by atoms with van der Waals surface area (Å²) in [5.41, 5.74) is 3.08. The lowest BCUT2D eigenvalue weighted by molar-refractivity contribution is -0.158. The zero-order valence-electron chi connectivity index (χ0n) is 23.3. The molecule has 39 heavy (non-hydrogen) atoms. The lowest BCUT2D eigenvalue weighted by Gasteiger charge is -2.51. The second-order valence-corrected chi connectivity index (χ2v) is 13.6. The van der Waals surface area contributed by atoms with Gasteiger partial charge in [-0.2, -0.15) is 0 Å². The van der Waals surface area contributed by atoms with Crippen LogP contribution in [0.25, 0.3) is 0 Å². The number of aryl methyl sites for hydroxylation is 1. The number of nitrogens with zero attached hydrogens (tertiary/aromatic N) is 3. The summed E-state index contributed by atoms with van der Waals surface area (Å²) in [5, 5.41) is 3.33. The number of benzene rings is 1. The molecule has 2 saturated heterocycles. The molecule has 1 atom stereocenters. The molecule has 3 aliphatic rings. The van der Waals surface area contributed by atoms with Gasteiger partial charge in [0.15, 0.2) is 0 Å². The third kappa shape index (κ3) is 6.00. The van der Waals surface area contributed by atoms with Crippen LogP contribution in [0.2, 0.25) is 0 Å². The van der Waals surface area contributed by atoms with Gasteiger partial charge in [0.05, 0.1) is 31.2 Å². The van der Waals surface area contributed by atoms with E-state index < -0.39 is 11.3 Å². The predicted octanol–water partition coefficient (Wildman–Crippen LogP) is 5.60. The third-order valence-electron chi connectivity index (χ3n) is 8.49. The summed E-state index contributed by atoms with van der Waals surface area (Å²) >= 11 is 3.63. The van der Waals surface area contributed by atoms with Gasteiger partial charge in [-0.25, -0.2) is 13.8 Å². The number of carbonyl (C=O) groups is 1. The molecule has 4 heterocycles. The van der Waals surface area contributed by atoms with Crippen molar-refractivity contribution < 1.29 is 18.3 Å². The number of fused-ring (bicyclic) bond motifs is 1. The normalized spacial score (nSPS) is 21.2. The van der Waals surface area contributed by atoms with E-state index in [1.165, 1.54) is 12.7 Å². The van der Waals surface area contributed by atoms with Gasteiger partial charge in [0.25, 0.3) is 5.92 Å². The average Bonchev–Trinajstić information content (AvgIpc) is 3.11. The van der Waals surface area contributed by atoms with Crippen LogP contribution < -0.4 is 5.32 Å². The number of alkyl halides is 2. The van der Waals surface area contributed by atoms with Crippen LogP contribution >= 0.6 is 15.9 Å². The number of rotatable bonds is 7. The Morgan fingerprint density at radius 2 is 1.90 bits per heavy atom. The van der Waals surface area contributed by atoms with Crippen molar-refractivity contribution in [1.82, 2.24) is 14.8 Å². The van der Waals surface area contributed by atoms with Crippen molar-refractivity contribution in [2.24, 2.45) is 5.41 Å². The molecule has 0 saturated carbocycles. The molecule has 3 aliphatic heterocycles. The van der Waals surface area contributed by atoms with Crippen molar-refractivity contribution in [1.29, 1.82) is 0 Å². The van der Waals surface area contributed by atoms with Gasteiger partial charge in [0.2, 0.25) is 0 Å². The number of hydrogen-bond acceptors (Lipinski definition) is 6. The summed E-state index contributed by atoms with van der Waals surface area (Å²) < 4.78 is 36.8. The first-order valence-corrected chi connectivity index (χ1v) is 14.6. The summed E-state index contributed by atoms with van der Waals surface area (Å²) in [6, 6.07) is 10.3. The van der Waals surface area contributed by atoms with Gasteiger partial charge in [0, 0.05) is 49.7 Å². The molecule has 0 radical (unpaired) electrons.